The summed E-state index contributed by atoms with van der Waals surface area (Å²) < 4.78 is 5.24. The van der Waals surface area contributed by atoms with Gasteiger partial charge in [0.25, 0.3) is 5.91 Å². The Morgan fingerprint density at radius 1 is 1.17 bits per heavy atom. The Hall–Kier alpha value is -1.79. The lowest BCUT2D eigenvalue weighted by Gasteiger charge is -2.34. The van der Waals surface area contributed by atoms with Gasteiger partial charge in [-0.15, -0.1) is 0 Å². The quantitative estimate of drug-likeness (QED) is 0.422. The minimum Gasteiger partial charge on any atom is -0.444 e. The predicted octanol–water partition coefficient (Wildman–Crippen LogP) is 0.526. The van der Waals surface area contributed by atoms with Gasteiger partial charge < -0.3 is 19.7 Å². The number of hydrogen-bond donors (Lipinski definition) is 1. The first-order valence-electron chi connectivity index (χ1n) is 5.78. The average molecular weight is 257 g/mol. The van der Waals surface area contributed by atoms with Gasteiger partial charge in [-0.05, 0) is 20.8 Å². The average Bonchev–Trinajstić information content (AvgIpc) is 2.27. The van der Waals surface area contributed by atoms with Crippen molar-refractivity contribution in [3.63, 3.8) is 0 Å². The number of oxime groups is 1. The molecule has 0 spiro atoms. The molecule has 1 fully saturated rings. The fourth-order valence-corrected chi connectivity index (χ4v) is 1.57. The molecule has 1 aliphatic heterocycles. The second kappa shape index (κ2) is 5.70. The molecule has 1 aliphatic rings. The highest BCUT2D eigenvalue weighted by atomic mass is 16.6. The molecule has 1 rings (SSSR count). The number of carbonyl (C=O) groups excluding carboxylic acids is 2. The zero-order valence-corrected chi connectivity index (χ0v) is 10.9. The van der Waals surface area contributed by atoms with E-state index in [9.17, 15) is 9.59 Å². The maximum absolute atomic E-state index is 11.7. The molecule has 18 heavy (non-hydrogen) atoms. The minimum atomic E-state index is -0.520. The monoisotopic (exact) mass is 257 g/mol. The van der Waals surface area contributed by atoms with Crippen LogP contribution in [0.25, 0.3) is 0 Å². The molecule has 1 heterocycles. The zero-order valence-electron chi connectivity index (χ0n) is 10.9. The van der Waals surface area contributed by atoms with Gasteiger partial charge in [-0.25, -0.2) is 4.79 Å². The second-order valence-electron chi connectivity index (χ2n) is 5.04. The number of piperazine rings is 1. The van der Waals surface area contributed by atoms with E-state index in [0.29, 0.717) is 26.2 Å². The van der Waals surface area contributed by atoms with E-state index in [1.807, 2.05) is 20.8 Å². The molecular formula is C11H19N3O4. The summed E-state index contributed by atoms with van der Waals surface area (Å²) >= 11 is 0. The minimum absolute atomic E-state index is 0.360. The van der Waals surface area contributed by atoms with Gasteiger partial charge in [0.1, 0.15) is 11.8 Å². The van der Waals surface area contributed by atoms with Crippen molar-refractivity contribution >= 4 is 18.2 Å². The lowest BCUT2D eigenvalue weighted by atomic mass is 10.2. The van der Waals surface area contributed by atoms with E-state index < -0.39 is 5.60 Å². The molecule has 0 aromatic carbocycles. The largest absolute Gasteiger partial charge is 0.444 e. The van der Waals surface area contributed by atoms with Gasteiger partial charge >= 0.3 is 6.09 Å². The Labute approximate surface area is 106 Å². The molecule has 0 unspecified atom stereocenters. The van der Waals surface area contributed by atoms with E-state index >= 15 is 0 Å². The molecule has 1 saturated heterocycles. The van der Waals surface area contributed by atoms with Gasteiger partial charge in [-0.2, -0.15) is 0 Å². The van der Waals surface area contributed by atoms with E-state index in [2.05, 4.69) is 5.16 Å². The second-order valence-corrected chi connectivity index (χ2v) is 5.04. The fraction of sp³-hybridized carbons (Fsp3) is 0.727. The van der Waals surface area contributed by atoms with Crippen LogP contribution in [0.2, 0.25) is 0 Å². The molecule has 0 aromatic rings. The topological polar surface area (TPSA) is 82.4 Å². The number of hydrogen-bond acceptors (Lipinski definition) is 5. The molecule has 0 saturated carbocycles. The summed E-state index contributed by atoms with van der Waals surface area (Å²) in [5, 5.41) is 11.0. The van der Waals surface area contributed by atoms with Crippen molar-refractivity contribution < 1.29 is 19.5 Å². The summed E-state index contributed by atoms with van der Waals surface area (Å²) in [7, 11) is 0. The van der Waals surface area contributed by atoms with E-state index in [4.69, 9.17) is 9.94 Å². The van der Waals surface area contributed by atoms with Crippen LogP contribution in [0.5, 0.6) is 0 Å². The van der Waals surface area contributed by atoms with Crippen LogP contribution in [0, 0.1) is 0 Å². The van der Waals surface area contributed by atoms with Crippen LogP contribution in [0.15, 0.2) is 5.16 Å². The van der Waals surface area contributed by atoms with Gasteiger partial charge in [-0.1, -0.05) is 5.16 Å². The Kier molecular flexibility index (Phi) is 4.52. The molecule has 1 N–H and O–H groups in total. The SMILES string of the molecule is CC(C)(C)OC(=O)N1CCN(C(=O)/C=N/O)CC1. The zero-order chi connectivity index (χ0) is 13.8. The first kappa shape index (κ1) is 14.3. The molecule has 0 bridgehead atoms. The lowest BCUT2D eigenvalue weighted by molar-refractivity contribution is -0.125. The van der Waals surface area contributed by atoms with Gasteiger partial charge in [-0.3, -0.25) is 4.79 Å². The van der Waals surface area contributed by atoms with E-state index in [1.165, 1.54) is 4.90 Å². The molecule has 2 amide bonds. The molecule has 7 heteroatoms. The van der Waals surface area contributed by atoms with Crippen LogP contribution in [0.1, 0.15) is 20.8 Å². The number of ether oxygens (including phenoxy) is 1. The van der Waals surface area contributed by atoms with Gasteiger partial charge in [0, 0.05) is 26.2 Å². The Bertz CT molecular complexity index is 341. The van der Waals surface area contributed by atoms with Crippen molar-refractivity contribution in [2.24, 2.45) is 5.16 Å². The number of carbonyl (C=O) groups is 2. The van der Waals surface area contributed by atoms with Crippen molar-refractivity contribution in [1.82, 2.24) is 9.80 Å². The van der Waals surface area contributed by atoms with E-state index in [0.717, 1.165) is 6.21 Å². The summed E-state index contributed by atoms with van der Waals surface area (Å²) in [5.74, 6) is -0.360. The van der Waals surface area contributed by atoms with E-state index in [-0.39, 0.29) is 12.0 Å². The molecule has 7 nitrogen and oxygen atoms in total. The van der Waals surface area contributed by atoms with Crippen molar-refractivity contribution in [2.45, 2.75) is 26.4 Å². The Balaban J connectivity index is 2.44. The molecule has 0 radical (unpaired) electrons. The predicted molar refractivity (Wildman–Crippen MR) is 64.7 cm³/mol. The summed E-state index contributed by atoms with van der Waals surface area (Å²) in [6.45, 7) is 7.07. The third kappa shape index (κ3) is 4.23. The summed E-state index contributed by atoms with van der Waals surface area (Å²) in [6, 6.07) is 0. The van der Waals surface area contributed by atoms with Crippen LogP contribution in [-0.2, 0) is 9.53 Å². The Morgan fingerprint density at radius 3 is 2.11 bits per heavy atom. The summed E-state index contributed by atoms with van der Waals surface area (Å²) in [4.78, 5) is 26.2. The third-order valence-corrected chi connectivity index (χ3v) is 2.41. The molecular weight excluding hydrogens is 238 g/mol. The van der Waals surface area contributed by atoms with Gasteiger partial charge in [0.15, 0.2) is 0 Å². The van der Waals surface area contributed by atoms with Crippen LogP contribution in [0.3, 0.4) is 0 Å². The van der Waals surface area contributed by atoms with Crippen molar-refractivity contribution in [1.29, 1.82) is 0 Å². The maximum atomic E-state index is 11.7. The van der Waals surface area contributed by atoms with Crippen LogP contribution >= 0.6 is 0 Å². The highest BCUT2D eigenvalue weighted by Crippen LogP contribution is 2.11. The number of amides is 2. The molecule has 0 aliphatic carbocycles. The molecule has 102 valence electrons. The highest BCUT2D eigenvalue weighted by molar-refractivity contribution is 6.25. The van der Waals surface area contributed by atoms with Crippen molar-refractivity contribution in [3.05, 3.63) is 0 Å². The first-order valence-corrected chi connectivity index (χ1v) is 5.78. The van der Waals surface area contributed by atoms with Crippen LogP contribution < -0.4 is 0 Å². The third-order valence-electron chi connectivity index (χ3n) is 2.41. The normalized spacial score (nSPS) is 17.1. The maximum Gasteiger partial charge on any atom is 0.410 e. The van der Waals surface area contributed by atoms with Gasteiger partial charge in [0.05, 0.1) is 0 Å². The summed E-state index contributed by atoms with van der Waals surface area (Å²) in [6.07, 6.45) is 0.480. The standard InChI is InChI=1S/C11H19N3O4/c1-11(2,3)18-10(16)14-6-4-13(5-7-14)9(15)8-12-17/h8,17H,4-7H2,1-3H3/b12-8+. The molecule has 0 aromatic heterocycles. The first-order chi connectivity index (χ1) is 8.33. The van der Waals surface area contributed by atoms with Crippen molar-refractivity contribution in [2.75, 3.05) is 26.2 Å². The van der Waals surface area contributed by atoms with E-state index in [1.54, 1.807) is 4.90 Å². The van der Waals surface area contributed by atoms with Crippen LogP contribution in [-0.4, -0.2) is 65.0 Å². The lowest BCUT2D eigenvalue weighted by Crippen LogP contribution is -2.51. The molecule has 0 atom stereocenters. The van der Waals surface area contributed by atoms with Gasteiger partial charge in [0.2, 0.25) is 0 Å². The number of rotatable bonds is 1. The summed E-state index contributed by atoms with van der Waals surface area (Å²) in [5.41, 5.74) is -0.520. The number of nitrogens with zero attached hydrogens (tertiary/aromatic N) is 3. The van der Waals surface area contributed by atoms with Crippen LogP contribution in [0.4, 0.5) is 4.79 Å². The fourth-order valence-electron chi connectivity index (χ4n) is 1.57. The smallest absolute Gasteiger partial charge is 0.410 e. The highest BCUT2D eigenvalue weighted by Gasteiger charge is 2.27. The Morgan fingerprint density at radius 2 is 1.67 bits per heavy atom. The van der Waals surface area contributed by atoms with Crippen molar-refractivity contribution in [3.8, 4) is 0 Å².